The summed E-state index contributed by atoms with van der Waals surface area (Å²) in [5.41, 5.74) is 1.51. The van der Waals surface area contributed by atoms with Gasteiger partial charge in [-0.3, -0.25) is 14.3 Å². The summed E-state index contributed by atoms with van der Waals surface area (Å²) in [5.74, 6) is 0.0644. The highest BCUT2D eigenvalue weighted by molar-refractivity contribution is 6.03. The summed E-state index contributed by atoms with van der Waals surface area (Å²) < 4.78 is 7.26. The summed E-state index contributed by atoms with van der Waals surface area (Å²) in [6.45, 7) is 2.86. The first-order valence-corrected chi connectivity index (χ1v) is 9.45. The van der Waals surface area contributed by atoms with Crippen LogP contribution in [0.4, 0.5) is 11.4 Å². The summed E-state index contributed by atoms with van der Waals surface area (Å²) in [6, 6.07) is 9.47. The topological polar surface area (TPSA) is 76.5 Å². The molecule has 2 saturated heterocycles. The number of aromatic nitrogens is 2. The molecule has 1 aromatic heterocycles. The molecule has 27 heavy (non-hydrogen) atoms. The van der Waals surface area contributed by atoms with Crippen molar-refractivity contribution in [3.05, 3.63) is 42.7 Å². The second-order valence-electron chi connectivity index (χ2n) is 7.24. The van der Waals surface area contributed by atoms with Gasteiger partial charge >= 0.3 is 0 Å². The van der Waals surface area contributed by atoms with E-state index in [4.69, 9.17) is 4.74 Å². The van der Waals surface area contributed by atoms with Crippen LogP contribution in [0.25, 0.3) is 0 Å². The van der Waals surface area contributed by atoms with E-state index < -0.39 is 0 Å². The van der Waals surface area contributed by atoms with E-state index in [-0.39, 0.29) is 24.2 Å². The van der Waals surface area contributed by atoms with Gasteiger partial charge in [-0.1, -0.05) is 18.2 Å². The first kappa shape index (κ1) is 17.7. The van der Waals surface area contributed by atoms with Crippen molar-refractivity contribution in [2.75, 3.05) is 30.0 Å². The van der Waals surface area contributed by atoms with Crippen LogP contribution in [-0.2, 0) is 20.9 Å². The minimum absolute atomic E-state index is 0.0171. The number of benzene rings is 1. The van der Waals surface area contributed by atoms with Gasteiger partial charge in [0, 0.05) is 44.6 Å². The van der Waals surface area contributed by atoms with Gasteiger partial charge in [-0.05, 0) is 30.9 Å². The SMILES string of the molecule is O=C(Nc1cnn(CC2CCOCC2)c1)C1CC(=O)N(c2ccccc2)C1. The zero-order valence-corrected chi connectivity index (χ0v) is 15.2. The largest absolute Gasteiger partial charge is 0.381 e. The molecule has 1 atom stereocenters. The predicted molar refractivity (Wildman–Crippen MR) is 101 cm³/mol. The average molecular weight is 368 g/mol. The van der Waals surface area contributed by atoms with E-state index in [2.05, 4.69) is 10.4 Å². The molecule has 0 saturated carbocycles. The number of amides is 2. The molecule has 4 rings (SSSR count). The molecule has 3 heterocycles. The standard InChI is InChI=1S/C20H24N4O3/c25-19-10-16(13-24(19)18-4-2-1-3-5-18)20(26)22-17-11-21-23(14-17)12-15-6-8-27-9-7-15/h1-5,11,14-16H,6-10,12-13H2,(H,22,26). The summed E-state index contributed by atoms with van der Waals surface area (Å²) >= 11 is 0. The van der Waals surface area contributed by atoms with Gasteiger partial charge in [0.15, 0.2) is 0 Å². The van der Waals surface area contributed by atoms with E-state index in [0.717, 1.165) is 38.3 Å². The van der Waals surface area contributed by atoms with Gasteiger partial charge in [0.25, 0.3) is 0 Å². The molecule has 0 aliphatic carbocycles. The highest BCUT2D eigenvalue weighted by Gasteiger charge is 2.35. The van der Waals surface area contributed by atoms with Crippen LogP contribution < -0.4 is 10.2 Å². The van der Waals surface area contributed by atoms with Crippen LogP contribution in [0.2, 0.25) is 0 Å². The monoisotopic (exact) mass is 368 g/mol. The molecule has 0 radical (unpaired) electrons. The molecule has 1 unspecified atom stereocenters. The molecular weight excluding hydrogens is 344 g/mol. The van der Waals surface area contributed by atoms with Gasteiger partial charge in [-0.15, -0.1) is 0 Å². The van der Waals surface area contributed by atoms with Crippen LogP contribution in [0, 0.1) is 11.8 Å². The van der Waals surface area contributed by atoms with E-state index in [9.17, 15) is 9.59 Å². The Morgan fingerprint density at radius 2 is 2.00 bits per heavy atom. The molecule has 7 nitrogen and oxygen atoms in total. The lowest BCUT2D eigenvalue weighted by atomic mass is 10.0. The Morgan fingerprint density at radius 1 is 1.22 bits per heavy atom. The Hall–Kier alpha value is -2.67. The molecule has 2 aliphatic heterocycles. The molecule has 0 spiro atoms. The minimum atomic E-state index is -0.350. The van der Waals surface area contributed by atoms with Crippen molar-refractivity contribution >= 4 is 23.2 Å². The lowest BCUT2D eigenvalue weighted by Crippen LogP contribution is -2.28. The van der Waals surface area contributed by atoms with Crippen LogP contribution in [0.15, 0.2) is 42.7 Å². The number of ether oxygens (including phenoxy) is 1. The highest BCUT2D eigenvalue weighted by atomic mass is 16.5. The van der Waals surface area contributed by atoms with Crippen molar-refractivity contribution in [1.29, 1.82) is 0 Å². The molecular formula is C20H24N4O3. The fraction of sp³-hybridized carbons (Fsp3) is 0.450. The Balaban J connectivity index is 1.33. The number of nitrogens with one attached hydrogen (secondary N) is 1. The van der Waals surface area contributed by atoms with Gasteiger partial charge in [-0.25, -0.2) is 0 Å². The molecule has 2 aliphatic rings. The number of carbonyl (C=O) groups is 2. The second kappa shape index (κ2) is 7.92. The van der Waals surface area contributed by atoms with E-state index in [1.54, 1.807) is 11.1 Å². The van der Waals surface area contributed by atoms with E-state index in [1.165, 1.54) is 0 Å². The van der Waals surface area contributed by atoms with Crippen molar-refractivity contribution < 1.29 is 14.3 Å². The molecule has 2 fully saturated rings. The van der Waals surface area contributed by atoms with Crippen LogP contribution in [0.3, 0.4) is 0 Å². The summed E-state index contributed by atoms with van der Waals surface area (Å²) in [7, 11) is 0. The number of hydrogen-bond acceptors (Lipinski definition) is 4. The minimum Gasteiger partial charge on any atom is -0.381 e. The maximum absolute atomic E-state index is 12.6. The Morgan fingerprint density at radius 3 is 2.78 bits per heavy atom. The Kier molecular flexibility index (Phi) is 5.20. The maximum Gasteiger partial charge on any atom is 0.229 e. The van der Waals surface area contributed by atoms with Crippen LogP contribution in [0.5, 0.6) is 0 Å². The quantitative estimate of drug-likeness (QED) is 0.879. The number of anilines is 2. The van der Waals surface area contributed by atoms with E-state index >= 15 is 0 Å². The van der Waals surface area contributed by atoms with E-state index in [1.807, 2.05) is 41.2 Å². The number of para-hydroxylation sites is 1. The van der Waals surface area contributed by atoms with E-state index in [0.29, 0.717) is 18.2 Å². The van der Waals surface area contributed by atoms with Crippen molar-refractivity contribution in [3.63, 3.8) is 0 Å². The summed E-state index contributed by atoms with van der Waals surface area (Å²) in [6.07, 6.45) is 5.85. The molecule has 2 aromatic rings. The second-order valence-corrected chi connectivity index (χ2v) is 7.24. The van der Waals surface area contributed by atoms with Crippen molar-refractivity contribution in [3.8, 4) is 0 Å². The average Bonchev–Trinajstić information content (AvgIpc) is 3.30. The molecule has 7 heteroatoms. The van der Waals surface area contributed by atoms with Crippen molar-refractivity contribution in [2.24, 2.45) is 11.8 Å². The van der Waals surface area contributed by atoms with Gasteiger partial charge in [0.2, 0.25) is 11.8 Å². The highest BCUT2D eigenvalue weighted by Crippen LogP contribution is 2.26. The van der Waals surface area contributed by atoms with Crippen molar-refractivity contribution in [2.45, 2.75) is 25.8 Å². The van der Waals surface area contributed by atoms with Gasteiger partial charge < -0.3 is 15.0 Å². The third-order valence-corrected chi connectivity index (χ3v) is 5.25. The predicted octanol–water partition coefficient (Wildman–Crippen LogP) is 2.30. The zero-order chi connectivity index (χ0) is 18.6. The normalized spacial score (nSPS) is 20.8. The summed E-state index contributed by atoms with van der Waals surface area (Å²) in [4.78, 5) is 26.6. The molecule has 1 N–H and O–H groups in total. The number of nitrogens with zero attached hydrogens (tertiary/aromatic N) is 3. The molecule has 0 bridgehead atoms. The van der Waals surface area contributed by atoms with Crippen LogP contribution >= 0.6 is 0 Å². The first-order valence-electron chi connectivity index (χ1n) is 9.45. The lowest BCUT2D eigenvalue weighted by Gasteiger charge is -2.21. The third kappa shape index (κ3) is 4.19. The van der Waals surface area contributed by atoms with Gasteiger partial charge in [0.1, 0.15) is 0 Å². The number of rotatable bonds is 5. The first-order chi connectivity index (χ1) is 13.2. The lowest BCUT2D eigenvalue weighted by molar-refractivity contribution is -0.122. The fourth-order valence-corrected chi connectivity index (χ4v) is 3.71. The third-order valence-electron chi connectivity index (χ3n) is 5.25. The Labute approximate surface area is 158 Å². The Bertz CT molecular complexity index is 799. The maximum atomic E-state index is 12.6. The smallest absolute Gasteiger partial charge is 0.229 e. The van der Waals surface area contributed by atoms with Gasteiger partial charge in [-0.2, -0.15) is 5.10 Å². The number of carbonyl (C=O) groups excluding carboxylic acids is 2. The summed E-state index contributed by atoms with van der Waals surface area (Å²) in [5, 5.41) is 7.26. The molecule has 142 valence electrons. The zero-order valence-electron chi connectivity index (χ0n) is 15.2. The van der Waals surface area contributed by atoms with Crippen molar-refractivity contribution in [1.82, 2.24) is 9.78 Å². The van der Waals surface area contributed by atoms with Crippen LogP contribution in [0.1, 0.15) is 19.3 Å². The van der Waals surface area contributed by atoms with Crippen LogP contribution in [-0.4, -0.2) is 41.4 Å². The molecule has 1 aromatic carbocycles. The molecule has 2 amide bonds. The van der Waals surface area contributed by atoms with Gasteiger partial charge in [0.05, 0.1) is 17.8 Å². The fourth-order valence-electron chi connectivity index (χ4n) is 3.71. The number of hydrogen-bond donors (Lipinski definition) is 1.